The van der Waals surface area contributed by atoms with Crippen LogP contribution in [0.5, 0.6) is 0 Å². The van der Waals surface area contributed by atoms with Gasteiger partial charge in [-0.15, -0.1) is 0 Å². The van der Waals surface area contributed by atoms with Crippen molar-refractivity contribution in [3.8, 4) is 0 Å². The molecule has 7 heteroatoms. The van der Waals surface area contributed by atoms with Gasteiger partial charge in [0.25, 0.3) is 0 Å². The van der Waals surface area contributed by atoms with E-state index in [4.69, 9.17) is 14.2 Å². The Hall–Kier alpha value is -1.44. The number of ether oxygens (including phenoxy) is 3. The first-order valence-corrected chi connectivity index (χ1v) is 7.81. The monoisotopic (exact) mass is 309 g/mol. The maximum absolute atomic E-state index is 12.0. The number of aromatic nitrogens is 2. The van der Waals surface area contributed by atoms with Crippen LogP contribution < -0.4 is 5.32 Å². The van der Waals surface area contributed by atoms with Crippen molar-refractivity contribution in [3.05, 3.63) is 18.0 Å². The third-order valence-electron chi connectivity index (χ3n) is 4.05. The highest BCUT2D eigenvalue weighted by atomic mass is 16.5. The fourth-order valence-electron chi connectivity index (χ4n) is 2.96. The summed E-state index contributed by atoms with van der Waals surface area (Å²) >= 11 is 0. The van der Waals surface area contributed by atoms with Gasteiger partial charge in [-0.25, -0.2) is 0 Å². The van der Waals surface area contributed by atoms with Crippen molar-refractivity contribution in [2.75, 3.05) is 26.4 Å². The Bertz CT molecular complexity index is 499. The Kier molecular flexibility index (Phi) is 5.07. The molecule has 1 aromatic rings. The van der Waals surface area contributed by atoms with E-state index < -0.39 is 0 Å². The smallest absolute Gasteiger partial charge is 0.246 e. The molecule has 0 bridgehead atoms. The van der Waals surface area contributed by atoms with E-state index >= 15 is 0 Å². The van der Waals surface area contributed by atoms with Crippen molar-refractivity contribution in [2.24, 2.45) is 7.05 Å². The molecule has 1 unspecified atom stereocenters. The molecule has 0 aromatic carbocycles. The quantitative estimate of drug-likeness (QED) is 0.831. The van der Waals surface area contributed by atoms with E-state index in [1.54, 1.807) is 10.9 Å². The predicted octanol–water partition coefficient (Wildman–Crippen LogP) is 0.562. The Morgan fingerprint density at radius 3 is 3.09 bits per heavy atom. The fraction of sp³-hybridized carbons (Fsp3) is 0.733. The van der Waals surface area contributed by atoms with Gasteiger partial charge < -0.3 is 19.5 Å². The summed E-state index contributed by atoms with van der Waals surface area (Å²) < 4.78 is 18.4. The SMILES string of the molecule is Cn1cc([C@H]2OCC[C@@H]2NC(=O)COCC2CCCO2)cn1. The Labute approximate surface area is 129 Å². The average Bonchev–Trinajstić information content (AvgIpc) is 3.20. The second kappa shape index (κ2) is 7.21. The number of amides is 1. The lowest BCUT2D eigenvalue weighted by Gasteiger charge is -2.19. The third kappa shape index (κ3) is 3.85. The molecule has 3 heterocycles. The number of carbonyl (C=O) groups excluding carboxylic acids is 1. The lowest BCUT2D eigenvalue weighted by Crippen LogP contribution is -2.39. The Balaban J connectivity index is 1.43. The van der Waals surface area contributed by atoms with Gasteiger partial charge in [0.2, 0.25) is 5.91 Å². The second-order valence-electron chi connectivity index (χ2n) is 5.85. The summed E-state index contributed by atoms with van der Waals surface area (Å²) in [7, 11) is 1.87. The number of nitrogens with zero attached hydrogens (tertiary/aromatic N) is 2. The standard InChI is InChI=1S/C15H23N3O4/c1-18-8-11(7-16-18)15-13(4-6-22-15)17-14(19)10-20-9-12-3-2-5-21-12/h7-8,12-13,15H,2-6,9-10H2,1H3,(H,17,19)/t12?,13-,15+/m0/s1. The van der Waals surface area contributed by atoms with E-state index in [9.17, 15) is 4.79 Å². The molecule has 2 aliphatic heterocycles. The molecule has 7 nitrogen and oxygen atoms in total. The highest BCUT2D eigenvalue weighted by Crippen LogP contribution is 2.28. The van der Waals surface area contributed by atoms with Gasteiger partial charge in [-0.1, -0.05) is 0 Å². The van der Waals surface area contributed by atoms with E-state index in [2.05, 4.69) is 10.4 Å². The number of hydrogen-bond donors (Lipinski definition) is 1. The summed E-state index contributed by atoms with van der Waals surface area (Å²) in [6.45, 7) is 1.99. The van der Waals surface area contributed by atoms with E-state index in [1.165, 1.54) is 0 Å². The predicted molar refractivity (Wildman–Crippen MR) is 78.2 cm³/mol. The molecular weight excluding hydrogens is 286 g/mol. The molecule has 22 heavy (non-hydrogen) atoms. The minimum absolute atomic E-state index is 0.0250. The van der Waals surface area contributed by atoms with Gasteiger partial charge in [-0.2, -0.15) is 5.10 Å². The number of nitrogens with one attached hydrogen (secondary N) is 1. The summed E-state index contributed by atoms with van der Waals surface area (Å²) in [6.07, 6.45) is 6.61. The second-order valence-corrected chi connectivity index (χ2v) is 5.85. The normalized spacial score (nSPS) is 28.1. The maximum Gasteiger partial charge on any atom is 0.246 e. The van der Waals surface area contributed by atoms with Crippen molar-refractivity contribution in [2.45, 2.75) is 37.5 Å². The number of carbonyl (C=O) groups is 1. The molecule has 2 aliphatic rings. The molecule has 0 saturated carbocycles. The van der Waals surface area contributed by atoms with Crippen molar-refractivity contribution < 1.29 is 19.0 Å². The van der Waals surface area contributed by atoms with Gasteiger partial charge in [-0.3, -0.25) is 9.48 Å². The van der Waals surface area contributed by atoms with Crippen LogP contribution in [-0.4, -0.2) is 54.3 Å². The molecule has 1 aromatic heterocycles. The molecule has 2 fully saturated rings. The molecule has 1 N–H and O–H groups in total. The number of rotatable bonds is 6. The third-order valence-corrected chi connectivity index (χ3v) is 4.05. The van der Waals surface area contributed by atoms with E-state index in [-0.39, 0.29) is 30.8 Å². The first-order valence-electron chi connectivity index (χ1n) is 7.81. The summed E-state index contributed by atoms with van der Waals surface area (Å²) in [6, 6.07) is -0.0250. The van der Waals surface area contributed by atoms with E-state index in [1.807, 2.05) is 13.2 Å². The molecule has 1 amide bonds. The summed E-state index contributed by atoms with van der Waals surface area (Å²) in [5.41, 5.74) is 0.991. The summed E-state index contributed by atoms with van der Waals surface area (Å²) in [4.78, 5) is 12.0. The topological polar surface area (TPSA) is 74.6 Å². The molecule has 0 aliphatic carbocycles. The van der Waals surface area contributed by atoms with Gasteiger partial charge in [0, 0.05) is 32.0 Å². The van der Waals surface area contributed by atoms with Crippen molar-refractivity contribution in [1.82, 2.24) is 15.1 Å². The number of hydrogen-bond acceptors (Lipinski definition) is 5. The van der Waals surface area contributed by atoms with Gasteiger partial charge in [0.05, 0.1) is 24.9 Å². The highest BCUT2D eigenvalue weighted by molar-refractivity contribution is 5.77. The fourth-order valence-corrected chi connectivity index (χ4v) is 2.96. The molecule has 3 atom stereocenters. The van der Waals surface area contributed by atoms with E-state index in [0.717, 1.165) is 31.4 Å². The van der Waals surface area contributed by atoms with Crippen molar-refractivity contribution in [1.29, 1.82) is 0 Å². The Morgan fingerprint density at radius 2 is 2.36 bits per heavy atom. The average molecular weight is 309 g/mol. The minimum atomic E-state index is -0.129. The maximum atomic E-state index is 12.0. The molecule has 0 radical (unpaired) electrons. The van der Waals surface area contributed by atoms with Gasteiger partial charge in [-0.05, 0) is 19.3 Å². The van der Waals surface area contributed by atoms with Gasteiger partial charge in [0.1, 0.15) is 12.7 Å². The zero-order valence-electron chi connectivity index (χ0n) is 12.9. The van der Waals surface area contributed by atoms with Crippen LogP contribution >= 0.6 is 0 Å². The van der Waals surface area contributed by atoms with Crippen LogP contribution in [0, 0.1) is 0 Å². The van der Waals surface area contributed by atoms with E-state index in [0.29, 0.717) is 13.2 Å². The largest absolute Gasteiger partial charge is 0.376 e. The lowest BCUT2D eigenvalue weighted by molar-refractivity contribution is -0.128. The summed E-state index contributed by atoms with van der Waals surface area (Å²) in [5, 5.41) is 7.15. The zero-order chi connectivity index (χ0) is 15.4. The van der Waals surface area contributed by atoms with Crippen LogP contribution in [0.3, 0.4) is 0 Å². The molecule has 122 valence electrons. The highest BCUT2D eigenvalue weighted by Gasteiger charge is 2.31. The molecule has 0 spiro atoms. The van der Waals surface area contributed by atoms with Crippen molar-refractivity contribution in [3.63, 3.8) is 0 Å². The van der Waals surface area contributed by atoms with Crippen LogP contribution in [0.2, 0.25) is 0 Å². The van der Waals surface area contributed by atoms with Crippen LogP contribution in [0.25, 0.3) is 0 Å². The number of aryl methyl sites for hydroxylation is 1. The van der Waals surface area contributed by atoms with Crippen LogP contribution in [0.1, 0.15) is 30.9 Å². The first-order chi connectivity index (χ1) is 10.7. The van der Waals surface area contributed by atoms with Crippen LogP contribution in [0.4, 0.5) is 0 Å². The molecule has 3 rings (SSSR count). The first kappa shape index (κ1) is 15.5. The summed E-state index contributed by atoms with van der Waals surface area (Å²) in [5.74, 6) is -0.109. The molecular formula is C15H23N3O4. The van der Waals surface area contributed by atoms with Gasteiger partial charge >= 0.3 is 0 Å². The Morgan fingerprint density at radius 1 is 1.45 bits per heavy atom. The lowest BCUT2D eigenvalue weighted by atomic mass is 10.1. The van der Waals surface area contributed by atoms with Crippen LogP contribution in [0.15, 0.2) is 12.4 Å². The minimum Gasteiger partial charge on any atom is -0.376 e. The van der Waals surface area contributed by atoms with Crippen molar-refractivity contribution >= 4 is 5.91 Å². The molecule has 2 saturated heterocycles. The van der Waals surface area contributed by atoms with Crippen LogP contribution in [-0.2, 0) is 26.1 Å². The zero-order valence-corrected chi connectivity index (χ0v) is 12.9. The van der Waals surface area contributed by atoms with Gasteiger partial charge in [0.15, 0.2) is 0 Å².